The lowest BCUT2D eigenvalue weighted by Crippen LogP contribution is -2.28. The van der Waals surface area contributed by atoms with Gasteiger partial charge in [-0.2, -0.15) is 0 Å². The first-order chi connectivity index (χ1) is 6.52. The molecule has 86 valence electrons. The Hall–Kier alpha value is -0.150. The third-order valence-corrected chi connectivity index (χ3v) is 2.01. The molecule has 0 aromatic rings. The van der Waals surface area contributed by atoms with E-state index in [0.717, 1.165) is 5.92 Å². The Morgan fingerprint density at radius 2 is 1.50 bits per heavy atom. The molecule has 0 saturated carbocycles. The van der Waals surface area contributed by atoms with E-state index < -0.39 is 10.8 Å². The van der Waals surface area contributed by atoms with Crippen molar-refractivity contribution in [1.29, 1.82) is 0 Å². The summed E-state index contributed by atoms with van der Waals surface area (Å²) in [5.74, 6) is 0.978. The molecule has 0 unspecified atom stereocenters. The van der Waals surface area contributed by atoms with Crippen molar-refractivity contribution >= 4 is 10.8 Å². The van der Waals surface area contributed by atoms with Crippen LogP contribution < -0.4 is 0 Å². The minimum atomic E-state index is -0.611. The molecule has 0 bridgehead atoms. The average molecular weight is 219 g/mol. The molecule has 0 spiro atoms. The molecule has 1 aliphatic rings. The molecule has 0 radical (unpaired) electrons. The van der Waals surface area contributed by atoms with Gasteiger partial charge in [0.25, 0.3) is 0 Å². The summed E-state index contributed by atoms with van der Waals surface area (Å²) in [5, 5.41) is 0. The van der Waals surface area contributed by atoms with Crippen molar-refractivity contribution in [3.05, 3.63) is 13.2 Å². The Kier molecular flexibility index (Phi) is 12.7. The highest BCUT2D eigenvalue weighted by atomic mass is 32.2. The normalized spacial score (nSPS) is 17.8. The van der Waals surface area contributed by atoms with Crippen molar-refractivity contribution in [2.24, 2.45) is 5.92 Å². The molecule has 0 atom stereocenters. The maximum atomic E-state index is 9.56. The van der Waals surface area contributed by atoms with Crippen LogP contribution in [0.4, 0.5) is 0 Å². The quantitative estimate of drug-likeness (QED) is 0.582. The molecule has 1 saturated heterocycles. The van der Waals surface area contributed by atoms with Crippen LogP contribution in [0.2, 0.25) is 0 Å². The monoisotopic (exact) mass is 219 g/mol. The van der Waals surface area contributed by atoms with Crippen LogP contribution in [0.5, 0.6) is 0 Å². The van der Waals surface area contributed by atoms with Crippen LogP contribution >= 0.6 is 0 Å². The minimum Gasteiger partial charge on any atom is -0.306 e. The Balaban J connectivity index is 0. The maximum Gasteiger partial charge on any atom is 0.0148 e. The highest BCUT2D eigenvalue weighted by Gasteiger charge is 2.10. The molecular weight excluding hydrogens is 194 g/mol. The summed E-state index contributed by atoms with van der Waals surface area (Å²) in [6.07, 6.45) is 6.08. The molecule has 1 aliphatic heterocycles. The zero-order valence-corrected chi connectivity index (χ0v) is 10.9. The van der Waals surface area contributed by atoms with E-state index in [1.165, 1.54) is 25.9 Å². The van der Waals surface area contributed by atoms with Crippen LogP contribution in [0.3, 0.4) is 0 Å². The predicted octanol–water partition coefficient (Wildman–Crippen LogP) is 2.15. The minimum absolute atomic E-state index is 0.611. The van der Waals surface area contributed by atoms with Crippen LogP contribution in [-0.2, 0) is 10.8 Å². The molecule has 1 rings (SSSR count). The van der Waals surface area contributed by atoms with E-state index >= 15 is 0 Å². The highest BCUT2D eigenvalue weighted by molar-refractivity contribution is 7.83. The molecule has 1 fully saturated rings. The van der Waals surface area contributed by atoms with E-state index in [0.29, 0.717) is 0 Å². The van der Waals surface area contributed by atoms with Gasteiger partial charge in [0.15, 0.2) is 0 Å². The summed E-state index contributed by atoms with van der Waals surface area (Å²) in [6.45, 7) is 11.0. The highest BCUT2D eigenvalue weighted by Crippen LogP contribution is 2.13. The second-order valence-electron chi connectivity index (χ2n) is 3.73. The van der Waals surface area contributed by atoms with Crippen molar-refractivity contribution in [2.75, 3.05) is 32.6 Å². The lowest BCUT2D eigenvalue weighted by Gasteiger charge is -2.26. The van der Waals surface area contributed by atoms with Crippen LogP contribution in [0.1, 0.15) is 19.8 Å². The van der Waals surface area contributed by atoms with Crippen molar-refractivity contribution in [3.8, 4) is 0 Å². The van der Waals surface area contributed by atoms with Crippen molar-refractivity contribution < 1.29 is 4.21 Å². The van der Waals surface area contributed by atoms with E-state index in [2.05, 4.69) is 32.0 Å². The number of nitrogens with zero attached hydrogens (tertiary/aromatic N) is 1. The predicted molar refractivity (Wildman–Crippen MR) is 67.1 cm³/mol. The third-order valence-electron chi connectivity index (χ3n) is 2.01. The van der Waals surface area contributed by atoms with Crippen molar-refractivity contribution in [2.45, 2.75) is 19.8 Å². The Morgan fingerprint density at radius 3 is 1.71 bits per heavy atom. The average Bonchev–Trinajstić information content (AvgIpc) is 2.13. The molecule has 2 nitrogen and oxygen atoms in total. The standard InChI is InChI=1S/C7H15N.C2H6OS.C2H4/c1-7-3-5-8(2)6-4-7;1-4(2)3;1-2/h7H,3-6H2,1-2H3;1-2H3;1-2H2. The topological polar surface area (TPSA) is 20.3 Å². The zero-order valence-electron chi connectivity index (χ0n) is 10.1. The Morgan fingerprint density at radius 1 is 1.21 bits per heavy atom. The fourth-order valence-electron chi connectivity index (χ4n) is 1.14. The Bertz CT molecular complexity index is 128. The number of hydrogen-bond acceptors (Lipinski definition) is 2. The summed E-state index contributed by atoms with van der Waals surface area (Å²) in [6, 6.07) is 0. The summed E-state index contributed by atoms with van der Waals surface area (Å²) in [5.41, 5.74) is 0. The van der Waals surface area contributed by atoms with Gasteiger partial charge < -0.3 is 4.90 Å². The van der Waals surface area contributed by atoms with Gasteiger partial charge in [-0.05, 0) is 38.9 Å². The van der Waals surface area contributed by atoms with E-state index in [-0.39, 0.29) is 0 Å². The number of hydrogen-bond donors (Lipinski definition) is 0. The smallest absolute Gasteiger partial charge is 0.0148 e. The largest absolute Gasteiger partial charge is 0.306 e. The first-order valence-electron chi connectivity index (χ1n) is 4.96. The summed E-state index contributed by atoms with van der Waals surface area (Å²) < 4.78 is 9.56. The van der Waals surface area contributed by atoms with Gasteiger partial charge in [-0.3, -0.25) is 4.21 Å². The second kappa shape index (κ2) is 10.9. The molecular formula is C11H25NOS. The Labute approximate surface area is 91.8 Å². The fourth-order valence-corrected chi connectivity index (χ4v) is 1.14. The maximum absolute atomic E-state index is 9.56. The van der Waals surface area contributed by atoms with E-state index in [9.17, 15) is 4.21 Å². The van der Waals surface area contributed by atoms with Crippen LogP contribution in [0.25, 0.3) is 0 Å². The van der Waals surface area contributed by atoms with Gasteiger partial charge in [0.05, 0.1) is 0 Å². The molecule has 14 heavy (non-hydrogen) atoms. The zero-order chi connectivity index (χ0) is 11.6. The number of piperidine rings is 1. The van der Waals surface area contributed by atoms with E-state index in [4.69, 9.17) is 0 Å². The lowest BCUT2D eigenvalue weighted by atomic mass is 10.00. The summed E-state index contributed by atoms with van der Waals surface area (Å²) >= 11 is 0. The van der Waals surface area contributed by atoms with Crippen LogP contribution in [0.15, 0.2) is 13.2 Å². The second-order valence-corrected chi connectivity index (χ2v) is 5.21. The van der Waals surface area contributed by atoms with Gasteiger partial charge in [0, 0.05) is 23.3 Å². The summed E-state index contributed by atoms with van der Waals surface area (Å²) in [7, 11) is 1.59. The van der Waals surface area contributed by atoms with Gasteiger partial charge in [-0.1, -0.05) is 6.92 Å². The molecule has 0 N–H and O–H groups in total. The van der Waals surface area contributed by atoms with Crippen molar-refractivity contribution in [3.63, 3.8) is 0 Å². The van der Waals surface area contributed by atoms with Crippen molar-refractivity contribution in [1.82, 2.24) is 4.90 Å². The molecule has 0 aliphatic carbocycles. The third kappa shape index (κ3) is 14.4. The van der Waals surface area contributed by atoms with Gasteiger partial charge in [0.1, 0.15) is 0 Å². The number of likely N-dealkylation sites (tertiary alicyclic amines) is 1. The molecule has 3 heteroatoms. The van der Waals surface area contributed by atoms with E-state index in [1.807, 2.05) is 0 Å². The first-order valence-corrected chi connectivity index (χ1v) is 6.92. The van der Waals surface area contributed by atoms with Gasteiger partial charge >= 0.3 is 0 Å². The fraction of sp³-hybridized carbons (Fsp3) is 0.818. The van der Waals surface area contributed by atoms with Crippen LogP contribution in [0, 0.1) is 5.92 Å². The van der Waals surface area contributed by atoms with E-state index in [1.54, 1.807) is 12.5 Å². The SMILES string of the molecule is C=C.CC1CCN(C)CC1.CS(C)=O. The number of rotatable bonds is 0. The molecule has 0 aromatic heterocycles. The molecule has 0 aromatic carbocycles. The molecule has 1 heterocycles. The van der Waals surface area contributed by atoms with Gasteiger partial charge in [0.2, 0.25) is 0 Å². The summed E-state index contributed by atoms with van der Waals surface area (Å²) in [4.78, 5) is 2.40. The van der Waals surface area contributed by atoms with Gasteiger partial charge in [-0.25, -0.2) is 0 Å². The van der Waals surface area contributed by atoms with Gasteiger partial charge in [-0.15, -0.1) is 13.2 Å². The first kappa shape index (κ1) is 16.3. The van der Waals surface area contributed by atoms with Crippen LogP contribution in [-0.4, -0.2) is 41.8 Å². The molecule has 0 amide bonds. The lowest BCUT2D eigenvalue weighted by molar-refractivity contribution is 0.230.